The van der Waals surface area contributed by atoms with Crippen LogP contribution in [0.2, 0.25) is 0 Å². The third-order valence-electron chi connectivity index (χ3n) is 3.18. The first-order valence-electron chi connectivity index (χ1n) is 8.17. The summed E-state index contributed by atoms with van der Waals surface area (Å²) in [5.41, 5.74) is 0. The van der Waals surface area contributed by atoms with Crippen LogP contribution in [0.5, 0.6) is 0 Å². The normalized spacial score (nSPS) is 10.9. The van der Waals surface area contributed by atoms with Crippen molar-refractivity contribution in [2.75, 3.05) is 26.0 Å². The number of carbonyl (C=O) groups excluding carboxylic acids is 2. The summed E-state index contributed by atoms with van der Waals surface area (Å²) in [5, 5.41) is 13.7. The molecular weight excluding hydrogens is 358 g/mol. The number of aromatic nitrogens is 3. The Labute approximate surface area is 155 Å². The van der Waals surface area contributed by atoms with Gasteiger partial charge in [-0.25, -0.2) is 4.79 Å². The zero-order valence-corrected chi connectivity index (χ0v) is 15.8. The second-order valence-electron chi connectivity index (χ2n) is 5.87. The zero-order valence-electron chi connectivity index (χ0n) is 15.0. The van der Waals surface area contributed by atoms with E-state index in [1.54, 1.807) is 12.3 Å². The number of methoxy groups -OCH3 is 1. The minimum atomic E-state index is -0.549. The quantitative estimate of drug-likeness (QED) is 0.503. The van der Waals surface area contributed by atoms with Crippen molar-refractivity contribution in [3.05, 3.63) is 18.4 Å². The van der Waals surface area contributed by atoms with Gasteiger partial charge < -0.3 is 14.5 Å². The Hall–Kier alpha value is -2.33. The van der Waals surface area contributed by atoms with Gasteiger partial charge in [-0.1, -0.05) is 25.6 Å². The van der Waals surface area contributed by atoms with Crippen LogP contribution >= 0.6 is 11.8 Å². The molecule has 2 aromatic rings. The Kier molecular flexibility index (Phi) is 7.67. The molecule has 0 bridgehead atoms. The van der Waals surface area contributed by atoms with E-state index in [2.05, 4.69) is 34.7 Å². The van der Waals surface area contributed by atoms with Crippen LogP contribution in [-0.4, -0.2) is 52.7 Å². The van der Waals surface area contributed by atoms with E-state index in [-0.39, 0.29) is 5.75 Å². The van der Waals surface area contributed by atoms with Crippen LogP contribution in [-0.2, 0) is 16.1 Å². The van der Waals surface area contributed by atoms with Crippen LogP contribution < -0.4 is 10.6 Å². The number of urea groups is 1. The molecule has 0 atom stereocenters. The van der Waals surface area contributed by atoms with Gasteiger partial charge in [0.2, 0.25) is 5.91 Å². The molecule has 2 N–H and O–H groups in total. The van der Waals surface area contributed by atoms with E-state index in [1.807, 2.05) is 10.6 Å². The molecule has 3 amide bonds. The highest BCUT2D eigenvalue weighted by Crippen LogP contribution is 2.25. The van der Waals surface area contributed by atoms with Crippen molar-refractivity contribution < 1.29 is 18.7 Å². The third-order valence-corrected chi connectivity index (χ3v) is 4.15. The van der Waals surface area contributed by atoms with Gasteiger partial charge in [0.1, 0.15) is 0 Å². The Morgan fingerprint density at radius 3 is 2.85 bits per heavy atom. The fraction of sp³-hybridized carbons (Fsp3) is 0.500. The summed E-state index contributed by atoms with van der Waals surface area (Å²) in [6, 6.07) is 3.05. The molecule has 0 aliphatic rings. The molecule has 2 heterocycles. The highest BCUT2D eigenvalue weighted by Gasteiger charge is 2.18. The summed E-state index contributed by atoms with van der Waals surface area (Å²) in [6.07, 6.45) is 1.58. The smallest absolute Gasteiger partial charge is 0.321 e. The zero-order chi connectivity index (χ0) is 18.9. The molecule has 0 saturated heterocycles. The van der Waals surface area contributed by atoms with E-state index < -0.39 is 11.9 Å². The summed E-state index contributed by atoms with van der Waals surface area (Å²) < 4.78 is 12.1. The molecule has 0 spiro atoms. The molecule has 2 rings (SSSR count). The highest BCUT2D eigenvalue weighted by molar-refractivity contribution is 7.99. The number of imide groups is 1. The van der Waals surface area contributed by atoms with Crippen molar-refractivity contribution in [1.29, 1.82) is 0 Å². The summed E-state index contributed by atoms with van der Waals surface area (Å²) in [7, 11) is 1.53. The van der Waals surface area contributed by atoms with Crippen molar-refractivity contribution in [2.45, 2.75) is 25.5 Å². The maximum atomic E-state index is 11.9. The summed E-state index contributed by atoms with van der Waals surface area (Å²) in [6.45, 7) is 5.56. The first kappa shape index (κ1) is 20.0. The number of nitrogens with zero attached hydrogens (tertiary/aromatic N) is 3. The van der Waals surface area contributed by atoms with Gasteiger partial charge in [-0.15, -0.1) is 10.2 Å². The van der Waals surface area contributed by atoms with E-state index in [0.717, 1.165) is 0 Å². The number of nitrogens with one attached hydrogen (secondary N) is 2. The fourth-order valence-corrected chi connectivity index (χ4v) is 2.86. The Balaban J connectivity index is 1.96. The van der Waals surface area contributed by atoms with Crippen molar-refractivity contribution in [3.63, 3.8) is 0 Å². The standard InChI is InChI=1S/C16H23N5O4S/c1-11(2)9-21-14(12-5-4-7-25-12)19-20-16(21)26-10-13(22)18-15(23)17-6-8-24-3/h4-5,7,11H,6,8-10H2,1-3H3,(H2,17,18,22,23). The second-order valence-corrected chi connectivity index (χ2v) is 6.82. The lowest BCUT2D eigenvalue weighted by molar-refractivity contribution is -0.117. The number of rotatable bonds is 9. The Morgan fingerprint density at radius 2 is 2.19 bits per heavy atom. The number of hydrogen-bond donors (Lipinski definition) is 2. The molecule has 0 saturated carbocycles. The second kappa shape index (κ2) is 9.97. The Bertz CT molecular complexity index is 714. The van der Waals surface area contributed by atoms with Crippen LogP contribution in [0, 0.1) is 5.92 Å². The number of hydrogen-bond acceptors (Lipinski definition) is 7. The highest BCUT2D eigenvalue weighted by atomic mass is 32.2. The van der Waals surface area contributed by atoms with Crippen molar-refractivity contribution in [2.24, 2.45) is 5.92 Å². The van der Waals surface area contributed by atoms with E-state index in [1.165, 1.54) is 18.9 Å². The molecular formula is C16H23N5O4S. The molecule has 0 aromatic carbocycles. The SMILES string of the molecule is COCCNC(=O)NC(=O)CSc1nnc(-c2ccco2)n1CC(C)C. The molecule has 9 nitrogen and oxygen atoms in total. The number of amides is 3. The predicted octanol–water partition coefficient (Wildman–Crippen LogP) is 1.76. The largest absolute Gasteiger partial charge is 0.461 e. The first-order valence-corrected chi connectivity index (χ1v) is 9.16. The lowest BCUT2D eigenvalue weighted by Gasteiger charge is -2.11. The van der Waals surface area contributed by atoms with Crippen LogP contribution in [0.1, 0.15) is 13.8 Å². The van der Waals surface area contributed by atoms with Gasteiger partial charge in [0, 0.05) is 20.2 Å². The average Bonchev–Trinajstić information content (AvgIpc) is 3.22. The third kappa shape index (κ3) is 5.88. The molecule has 0 radical (unpaired) electrons. The number of ether oxygens (including phenoxy) is 1. The number of carbonyl (C=O) groups is 2. The molecule has 142 valence electrons. The molecule has 26 heavy (non-hydrogen) atoms. The van der Waals surface area contributed by atoms with Crippen LogP contribution in [0.4, 0.5) is 4.79 Å². The van der Waals surface area contributed by atoms with Crippen molar-refractivity contribution in [1.82, 2.24) is 25.4 Å². The van der Waals surface area contributed by atoms with E-state index in [0.29, 0.717) is 42.4 Å². The lowest BCUT2D eigenvalue weighted by Crippen LogP contribution is -2.41. The lowest BCUT2D eigenvalue weighted by atomic mass is 10.2. The van der Waals surface area contributed by atoms with Gasteiger partial charge in [0.15, 0.2) is 16.7 Å². The van der Waals surface area contributed by atoms with Crippen molar-refractivity contribution >= 4 is 23.7 Å². The van der Waals surface area contributed by atoms with Crippen LogP contribution in [0.15, 0.2) is 28.0 Å². The van der Waals surface area contributed by atoms with Gasteiger partial charge in [-0.05, 0) is 18.1 Å². The minimum Gasteiger partial charge on any atom is -0.461 e. The van der Waals surface area contributed by atoms with Gasteiger partial charge in [0.25, 0.3) is 0 Å². The summed E-state index contributed by atoms with van der Waals surface area (Å²) in [5.74, 6) is 1.23. The molecule has 0 fully saturated rings. The summed E-state index contributed by atoms with van der Waals surface area (Å²) in [4.78, 5) is 23.5. The summed E-state index contributed by atoms with van der Waals surface area (Å²) >= 11 is 1.22. The Morgan fingerprint density at radius 1 is 1.38 bits per heavy atom. The number of thioether (sulfide) groups is 1. The monoisotopic (exact) mass is 381 g/mol. The topological polar surface area (TPSA) is 111 Å². The van der Waals surface area contributed by atoms with E-state index in [4.69, 9.17) is 9.15 Å². The van der Waals surface area contributed by atoms with Gasteiger partial charge in [-0.3, -0.25) is 14.7 Å². The maximum absolute atomic E-state index is 11.9. The molecule has 10 heteroatoms. The molecule has 0 aliphatic carbocycles. The predicted molar refractivity (Wildman–Crippen MR) is 96.7 cm³/mol. The first-order chi connectivity index (χ1) is 12.5. The fourth-order valence-electron chi connectivity index (χ4n) is 2.12. The average molecular weight is 381 g/mol. The maximum Gasteiger partial charge on any atom is 0.321 e. The van der Waals surface area contributed by atoms with Crippen LogP contribution in [0.3, 0.4) is 0 Å². The van der Waals surface area contributed by atoms with E-state index >= 15 is 0 Å². The van der Waals surface area contributed by atoms with Crippen LogP contribution in [0.25, 0.3) is 11.6 Å². The van der Waals surface area contributed by atoms with Gasteiger partial charge in [0.05, 0.1) is 18.6 Å². The minimum absolute atomic E-state index is 0.0477. The van der Waals surface area contributed by atoms with Crippen molar-refractivity contribution in [3.8, 4) is 11.6 Å². The van der Waals surface area contributed by atoms with Gasteiger partial charge >= 0.3 is 6.03 Å². The van der Waals surface area contributed by atoms with E-state index in [9.17, 15) is 9.59 Å². The van der Waals surface area contributed by atoms with Gasteiger partial charge in [-0.2, -0.15) is 0 Å². The molecule has 0 aliphatic heterocycles. The molecule has 2 aromatic heterocycles. The number of furan rings is 1. The molecule has 0 unspecified atom stereocenters.